The molecule has 2 rings (SSSR count). The molecule has 0 bridgehead atoms. The molecule has 0 atom stereocenters. The Labute approximate surface area is 79.2 Å². The Bertz CT molecular complexity index is 312. The molecular formula is C10H17N3. The van der Waals surface area contributed by atoms with Crippen LogP contribution in [0.4, 0.5) is 0 Å². The van der Waals surface area contributed by atoms with Gasteiger partial charge in [0.05, 0.1) is 5.69 Å². The Morgan fingerprint density at radius 3 is 2.85 bits per heavy atom. The predicted octanol–water partition coefficient (Wildman–Crippen LogP) is 1.19. The van der Waals surface area contributed by atoms with E-state index in [1.807, 2.05) is 0 Å². The monoisotopic (exact) mass is 179 g/mol. The van der Waals surface area contributed by atoms with Gasteiger partial charge in [-0.15, -0.1) is 0 Å². The summed E-state index contributed by atoms with van der Waals surface area (Å²) in [6, 6.07) is 0. The summed E-state index contributed by atoms with van der Waals surface area (Å²) < 4.78 is 2.26. The summed E-state index contributed by atoms with van der Waals surface area (Å²) in [6.45, 7) is 6.42. The first-order valence-corrected chi connectivity index (χ1v) is 4.95. The molecule has 1 aliphatic rings. The summed E-state index contributed by atoms with van der Waals surface area (Å²) in [6.07, 6.45) is 1.12. The zero-order valence-electron chi connectivity index (χ0n) is 8.59. The molecule has 72 valence electrons. The molecule has 0 aromatic carbocycles. The highest BCUT2D eigenvalue weighted by atomic mass is 15.1. The minimum Gasteiger partial charge on any atom is -0.335 e. The van der Waals surface area contributed by atoms with Crippen LogP contribution in [-0.2, 0) is 20.0 Å². The number of nitrogens with one attached hydrogen (secondary N) is 1. The van der Waals surface area contributed by atoms with Crippen molar-refractivity contribution in [2.75, 3.05) is 6.54 Å². The standard InChI is InChI=1S/C10H17N3/c1-7(2)10-12-8-6-11-5-4-9(8)13(10)3/h7,11H,4-6H2,1-3H3. The minimum absolute atomic E-state index is 0.524. The van der Waals surface area contributed by atoms with E-state index in [0.29, 0.717) is 5.92 Å². The first-order chi connectivity index (χ1) is 6.20. The van der Waals surface area contributed by atoms with Crippen LogP contribution in [0.3, 0.4) is 0 Å². The van der Waals surface area contributed by atoms with Gasteiger partial charge in [-0.1, -0.05) is 13.8 Å². The van der Waals surface area contributed by atoms with Crippen molar-refractivity contribution in [3.8, 4) is 0 Å². The van der Waals surface area contributed by atoms with Crippen LogP contribution in [0.25, 0.3) is 0 Å². The highest BCUT2D eigenvalue weighted by molar-refractivity contribution is 5.21. The van der Waals surface area contributed by atoms with Crippen molar-refractivity contribution in [2.24, 2.45) is 7.05 Å². The molecule has 0 unspecified atom stereocenters. The van der Waals surface area contributed by atoms with Gasteiger partial charge in [-0.05, 0) is 0 Å². The maximum Gasteiger partial charge on any atom is 0.111 e. The SMILES string of the molecule is CC(C)c1nc2c(n1C)CCNC2. The lowest BCUT2D eigenvalue weighted by Gasteiger charge is -2.13. The number of rotatable bonds is 1. The maximum absolute atomic E-state index is 4.65. The molecule has 0 amide bonds. The summed E-state index contributed by atoms with van der Waals surface area (Å²) >= 11 is 0. The van der Waals surface area contributed by atoms with Crippen molar-refractivity contribution in [1.82, 2.24) is 14.9 Å². The molecule has 0 radical (unpaired) electrons. The Morgan fingerprint density at radius 1 is 1.46 bits per heavy atom. The van der Waals surface area contributed by atoms with Crippen molar-refractivity contribution < 1.29 is 0 Å². The van der Waals surface area contributed by atoms with Gasteiger partial charge in [0, 0.05) is 38.2 Å². The lowest BCUT2D eigenvalue weighted by molar-refractivity contribution is 0.608. The molecule has 1 aliphatic heterocycles. The van der Waals surface area contributed by atoms with Gasteiger partial charge in [-0.2, -0.15) is 0 Å². The third kappa shape index (κ3) is 1.37. The number of aromatic nitrogens is 2. The Balaban J connectivity index is 2.44. The van der Waals surface area contributed by atoms with Gasteiger partial charge in [0.1, 0.15) is 5.82 Å². The molecule has 0 saturated carbocycles. The molecule has 13 heavy (non-hydrogen) atoms. The Kier molecular flexibility index (Phi) is 2.12. The van der Waals surface area contributed by atoms with Gasteiger partial charge < -0.3 is 9.88 Å². The third-order valence-corrected chi connectivity index (χ3v) is 2.68. The topological polar surface area (TPSA) is 29.9 Å². The maximum atomic E-state index is 4.65. The van der Waals surface area contributed by atoms with Crippen molar-refractivity contribution in [3.63, 3.8) is 0 Å². The number of imidazole rings is 1. The summed E-state index contributed by atoms with van der Waals surface area (Å²) in [7, 11) is 2.13. The van der Waals surface area contributed by atoms with E-state index in [-0.39, 0.29) is 0 Å². The summed E-state index contributed by atoms with van der Waals surface area (Å²) in [5.74, 6) is 1.74. The van der Waals surface area contributed by atoms with Gasteiger partial charge in [0.2, 0.25) is 0 Å². The second kappa shape index (κ2) is 3.14. The van der Waals surface area contributed by atoms with E-state index in [1.165, 1.54) is 17.2 Å². The molecular weight excluding hydrogens is 162 g/mol. The van der Waals surface area contributed by atoms with Crippen LogP contribution in [0, 0.1) is 0 Å². The van der Waals surface area contributed by atoms with E-state index in [4.69, 9.17) is 0 Å². The molecule has 3 nitrogen and oxygen atoms in total. The summed E-state index contributed by atoms with van der Waals surface area (Å²) in [5, 5.41) is 3.34. The highest BCUT2D eigenvalue weighted by Gasteiger charge is 2.18. The number of hydrogen-bond acceptors (Lipinski definition) is 2. The van der Waals surface area contributed by atoms with Gasteiger partial charge in [0.25, 0.3) is 0 Å². The quantitative estimate of drug-likeness (QED) is 0.701. The summed E-state index contributed by atoms with van der Waals surface area (Å²) in [4.78, 5) is 4.65. The first-order valence-electron chi connectivity index (χ1n) is 4.95. The molecule has 0 aliphatic carbocycles. The lowest BCUT2D eigenvalue weighted by atomic mass is 10.2. The van der Waals surface area contributed by atoms with E-state index >= 15 is 0 Å². The van der Waals surface area contributed by atoms with E-state index in [0.717, 1.165) is 19.5 Å². The van der Waals surface area contributed by atoms with Crippen molar-refractivity contribution >= 4 is 0 Å². The van der Waals surface area contributed by atoms with Crippen molar-refractivity contribution in [2.45, 2.75) is 32.7 Å². The van der Waals surface area contributed by atoms with Crippen LogP contribution in [0.2, 0.25) is 0 Å². The van der Waals surface area contributed by atoms with E-state index < -0.39 is 0 Å². The molecule has 0 spiro atoms. The van der Waals surface area contributed by atoms with E-state index in [2.05, 4.69) is 35.8 Å². The fourth-order valence-corrected chi connectivity index (χ4v) is 1.99. The van der Waals surface area contributed by atoms with Crippen LogP contribution in [0.1, 0.15) is 37.0 Å². The van der Waals surface area contributed by atoms with E-state index in [1.54, 1.807) is 0 Å². The molecule has 2 heterocycles. The largest absolute Gasteiger partial charge is 0.335 e. The fourth-order valence-electron chi connectivity index (χ4n) is 1.99. The Morgan fingerprint density at radius 2 is 2.23 bits per heavy atom. The van der Waals surface area contributed by atoms with Crippen molar-refractivity contribution in [1.29, 1.82) is 0 Å². The zero-order chi connectivity index (χ0) is 9.42. The second-order valence-electron chi connectivity index (χ2n) is 4.00. The average Bonchev–Trinajstić information content (AvgIpc) is 2.45. The number of fused-ring (bicyclic) bond motifs is 1. The normalized spacial score (nSPS) is 16.3. The van der Waals surface area contributed by atoms with E-state index in [9.17, 15) is 0 Å². The average molecular weight is 179 g/mol. The van der Waals surface area contributed by atoms with Gasteiger partial charge in [0.15, 0.2) is 0 Å². The third-order valence-electron chi connectivity index (χ3n) is 2.68. The fraction of sp³-hybridized carbons (Fsp3) is 0.700. The lowest BCUT2D eigenvalue weighted by Crippen LogP contribution is -2.24. The van der Waals surface area contributed by atoms with Crippen LogP contribution in [0.15, 0.2) is 0 Å². The smallest absolute Gasteiger partial charge is 0.111 e. The van der Waals surface area contributed by atoms with Crippen LogP contribution in [0.5, 0.6) is 0 Å². The Hall–Kier alpha value is -0.830. The molecule has 1 aromatic heterocycles. The van der Waals surface area contributed by atoms with Gasteiger partial charge in [-0.25, -0.2) is 4.98 Å². The first kappa shape index (κ1) is 8.75. The van der Waals surface area contributed by atoms with Crippen LogP contribution in [-0.4, -0.2) is 16.1 Å². The molecule has 1 N–H and O–H groups in total. The molecule has 0 saturated heterocycles. The second-order valence-corrected chi connectivity index (χ2v) is 4.00. The molecule has 3 heteroatoms. The molecule has 0 fully saturated rings. The predicted molar refractivity (Wildman–Crippen MR) is 52.7 cm³/mol. The van der Waals surface area contributed by atoms with Gasteiger partial charge >= 0.3 is 0 Å². The summed E-state index contributed by atoms with van der Waals surface area (Å²) in [5.41, 5.74) is 2.67. The van der Waals surface area contributed by atoms with Crippen LogP contribution >= 0.6 is 0 Å². The van der Waals surface area contributed by atoms with Crippen molar-refractivity contribution in [3.05, 3.63) is 17.2 Å². The number of hydrogen-bond donors (Lipinski definition) is 1. The zero-order valence-corrected chi connectivity index (χ0v) is 8.59. The minimum atomic E-state index is 0.524. The van der Waals surface area contributed by atoms with Gasteiger partial charge in [-0.3, -0.25) is 0 Å². The molecule has 1 aromatic rings. The highest BCUT2D eigenvalue weighted by Crippen LogP contribution is 2.19. The van der Waals surface area contributed by atoms with Crippen LogP contribution < -0.4 is 5.32 Å². The number of nitrogens with zero attached hydrogens (tertiary/aromatic N) is 2.